The number of rotatable bonds is 9. The topological polar surface area (TPSA) is 74.2 Å². The average molecular weight is 281 g/mol. The third kappa shape index (κ3) is 4.28. The third-order valence-electron chi connectivity index (χ3n) is 3.83. The van der Waals surface area contributed by atoms with Crippen molar-refractivity contribution in [2.45, 2.75) is 70.9 Å². The first-order valence-corrected chi connectivity index (χ1v) is 7.82. The van der Waals surface area contributed by atoms with Crippen LogP contribution in [0.5, 0.6) is 0 Å². The van der Waals surface area contributed by atoms with E-state index < -0.39 is 0 Å². The van der Waals surface area contributed by atoms with Gasteiger partial charge in [-0.15, -0.1) is 0 Å². The van der Waals surface area contributed by atoms with Crippen molar-refractivity contribution in [2.24, 2.45) is 11.7 Å². The Morgan fingerprint density at radius 1 is 1.35 bits per heavy atom. The molecule has 20 heavy (non-hydrogen) atoms. The summed E-state index contributed by atoms with van der Waals surface area (Å²) in [5, 5.41) is 4.12. The summed E-state index contributed by atoms with van der Waals surface area (Å²) in [4.78, 5) is 4.55. The van der Waals surface area contributed by atoms with Crippen molar-refractivity contribution in [3.05, 3.63) is 11.7 Å². The molecule has 0 spiro atoms. The summed E-state index contributed by atoms with van der Waals surface area (Å²) < 4.78 is 11.2. The lowest BCUT2D eigenvalue weighted by atomic mass is 10.0. The Morgan fingerprint density at radius 3 is 2.70 bits per heavy atom. The van der Waals surface area contributed by atoms with Gasteiger partial charge in [0, 0.05) is 18.6 Å². The highest BCUT2D eigenvalue weighted by atomic mass is 16.5. The molecule has 0 aromatic carbocycles. The van der Waals surface area contributed by atoms with E-state index in [1.54, 1.807) is 0 Å². The van der Waals surface area contributed by atoms with Crippen molar-refractivity contribution in [1.82, 2.24) is 10.1 Å². The molecule has 114 valence electrons. The standard InChI is InChI=1S/C15H27N3O2/c1-4-19-13(12-8-9-12)14-17-15(20-18-14)10(2)6-5-7-11(3)16/h10-13H,4-9,16H2,1-3H3. The van der Waals surface area contributed by atoms with E-state index in [4.69, 9.17) is 15.0 Å². The predicted molar refractivity (Wildman–Crippen MR) is 77.3 cm³/mol. The van der Waals surface area contributed by atoms with Crippen LogP contribution >= 0.6 is 0 Å². The summed E-state index contributed by atoms with van der Waals surface area (Å²) in [5.41, 5.74) is 5.77. The van der Waals surface area contributed by atoms with Crippen molar-refractivity contribution in [3.63, 3.8) is 0 Å². The maximum atomic E-state index is 5.77. The third-order valence-corrected chi connectivity index (χ3v) is 3.83. The van der Waals surface area contributed by atoms with Gasteiger partial charge in [-0.3, -0.25) is 0 Å². The predicted octanol–water partition coefficient (Wildman–Crippen LogP) is 3.18. The zero-order valence-corrected chi connectivity index (χ0v) is 12.8. The van der Waals surface area contributed by atoms with Gasteiger partial charge < -0.3 is 15.0 Å². The van der Waals surface area contributed by atoms with Crippen LogP contribution in [0.4, 0.5) is 0 Å². The molecule has 5 nitrogen and oxygen atoms in total. The van der Waals surface area contributed by atoms with Gasteiger partial charge >= 0.3 is 0 Å². The zero-order chi connectivity index (χ0) is 14.5. The summed E-state index contributed by atoms with van der Waals surface area (Å²) in [6.07, 6.45) is 5.60. The lowest BCUT2D eigenvalue weighted by molar-refractivity contribution is 0.0384. The van der Waals surface area contributed by atoms with E-state index in [2.05, 4.69) is 17.1 Å². The van der Waals surface area contributed by atoms with Gasteiger partial charge in [0.1, 0.15) is 6.10 Å². The fraction of sp³-hybridized carbons (Fsp3) is 0.867. The summed E-state index contributed by atoms with van der Waals surface area (Å²) >= 11 is 0. The molecule has 1 aliphatic carbocycles. The molecular formula is C15H27N3O2. The Balaban J connectivity index is 1.89. The monoisotopic (exact) mass is 281 g/mol. The van der Waals surface area contributed by atoms with Crippen LogP contribution in [0.2, 0.25) is 0 Å². The second-order valence-corrected chi connectivity index (χ2v) is 6.01. The van der Waals surface area contributed by atoms with Gasteiger partial charge in [0.05, 0.1) is 0 Å². The number of nitrogens with two attached hydrogens (primary N) is 1. The lowest BCUT2D eigenvalue weighted by Crippen LogP contribution is -2.14. The van der Waals surface area contributed by atoms with Crippen LogP contribution in [0.15, 0.2) is 4.52 Å². The van der Waals surface area contributed by atoms with Gasteiger partial charge in [-0.1, -0.05) is 18.5 Å². The van der Waals surface area contributed by atoms with Gasteiger partial charge in [0.2, 0.25) is 11.7 Å². The molecule has 1 aliphatic rings. The van der Waals surface area contributed by atoms with E-state index in [9.17, 15) is 0 Å². The molecule has 1 saturated carbocycles. The minimum absolute atomic E-state index is 0.0220. The molecule has 1 aromatic heterocycles. The molecule has 0 aliphatic heterocycles. The van der Waals surface area contributed by atoms with Gasteiger partial charge in [0.15, 0.2) is 0 Å². The molecule has 3 atom stereocenters. The van der Waals surface area contributed by atoms with Crippen molar-refractivity contribution in [2.75, 3.05) is 6.61 Å². The maximum absolute atomic E-state index is 5.77. The highest BCUT2D eigenvalue weighted by Gasteiger charge is 2.36. The number of hydrogen-bond acceptors (Lipinski definition) is 5. The van der Waals surface area contributed by atoms with E-state index in [0.717, 1.165) is 31.0 Å². The largest absolute Gasteiger partial charge is 0.370 e. The summed E-state index contributed by atoms with van der Waals surface area (Å²) in [6, 6.07) is 0.262. The van der Waals surface area contributed by atoms with E-state index in [-0.39, 0.29) is 18.1 Å². The average Bonchev–Trinajstić information content (AvgIpc) is 3.12. The van der Waals surface area contributed by atoms with Crippen LogP contribution in [0, 0.1) is 5.92 Å². The van der Waals surface area contributed by atoms with Crippen molar-refractivity contribution < 1.29 is 9.26 Å². The first-order chi connectivity index (χ1) is 9.61. The Bertz CT molecular complexity index is 402. The van der Waals surface area contributed by atoms with Crippen LogP contribution in [-0.2, 0) is 4.74 Å². The minimum Gasteiger partial charge on any atom is -0.370 e. The first kappa shape index (κ1) is 15.4. The van der Waals surface area contributed by atoms with Gasteiger partial charge in [-0.2, -0.15) is 4.98 Å². The van der Waals surface area contributed by atoms with Crippen molar-refractivity contribution in [3.8, 4) is 0 Å². The smallest absolute Gasteiger partial charge is 0.229 e. The SMILES string of the molecule is CCOC(c1noc(C(C)CCCC(C)N)n1)C1CC1. The van der Waals surface area contributed by atoms with Crippen LogP contribution in [-0.4, -0.2) is 22.8 Å². The Labute approximate surface area is 121 Å². The molecule has 1 aromatic rings. The number of nitrogens with zero attached hydrogens (tertiary/aromatic N) is 2. The molecule has 3 unspecified atom stereocenters. The Kier molecular flexibility index (Phi) is 5.54. The molecule has 1 fully saturated rings. The minimum atomic E-state index is 0.0220. The summed E-state index contributed by atoms with van der Waals surface area (Å²) in [5.74, 6) is 2.32. The number of hydrogen-bond donors (Lipinski definition) is 1. The van der Waals surface area contributed by atoms with Crippen LogP contribution in [0.3, 0.4) is 0 Å². The van der Waals surface area contributed by atoms with E-state index in [1.807, 2.05) is 13.8 Å². The molecule has 2 rings (SSSR count). The molecule has 0 amide bonds. The highest BCUT2D eigenvalue weighted by Crippen LogP contribution is 2.42. The summed E-state index contributed by atoms with van der Waals surface area (Å²) in [7, 11) is 0. The van der Waals surface area contributed by atoms with Gasteiger partial charge in [-0.25, -0.2) is 0 Å². The molecule has 0 saturated heterocycles. The Morgan fingerprint density at radius 2 is 2.10 bits per heavy atom. The molecule has 1 heterocycles. The van der Waals surface area contributed by atoms with Crippen LogP contribution < -0.4 is 5.73 Å². The number of ether oxygens (including phenoxy) is 1. The lowest BCUT2D eigenvalue weighted by Gasteiger charge is -2.11. The second kappa shape index (κ2) is 7.18. The molecular weight excluding hydrogens is 254 g/mol. The molecule has 0 bridgehead atoms. The molecule has 5 heteroatoms. The highest BCUT2D eigenvalue weighted by molar-refractivity contribution is 5.00. The molecule has 2 N–H and O–H groups in total. The fourth-order valence-electron chi connectivity index (χ4n) is 2.43. The van der Waals surface area contributed by atoms with E-state index in [1.165, 1.54) is 12.8 Å². The van der Waals surface area contributed by atoms with Crippen LogP contribution in [0.25, 0.3) is 0 Å². The first-order valence-electron chi connectivity index (χ1n) is 7.82. The second-order valence-electron chi connectivity index (χ2n) is 6.01. The number of aromatic nitrogens is 2. The van der Waals surface area contributed by atoms with Crippen molar-refractivity contribution >= 4 is 0 Å². The molecule has 0 radical (unpaired) electrons. The summed E-state index contributed by atoms with van der Waals surface area (Å²) in [6.45, 7) is 6.87. The van der Waals surface area contributed by atoms with Gasteiger partial charge in [0.25, 0.3) is 0 Å². The van der Waals surface area contributed by atoms with E-state index >= 15 is 0 Å². The Hall–Kier alpha value is -0.940. The van der Waals surface area contributed by atoms with E-state index in [0.29, 0.717) is 12.5 Å². The van der Waals surface area contributed by atoms with Crippen molar-refractivity contribution in [1.29, 1.82) is 0 Å². The quantitative estimate of drug-likeness (QED) is 0.752. The zero-order valence-electron chi connectivity index (χ0n) is 12.8. The normalized spacial score (nSPS) is 19.8. The maximum Gasteiger partial charge on any atom is 0.229 e. The fourth-order valence-corrected chi connectivity index (χ4v) is 2.43. The van der Waals surface area contributed by atoms with Gasteiger partial charge in [-0.05, 0) is 45.4 Å². The van der Waals surface area contributed by atoms with Crippen LogP contribution in [0.1, 0.15) is 76.6 Å².